The first-order valence-corrected chi connectivity index (χ1v) is 7.59. The summed E-state index contributed by atoms with van der Waals surface area (Å²) in [6, 6.07) is 0. The van der Waals surface area contributed by atoms with Crippen LogP contribution in [0.3, 0.4) is 0 Å². The minimum atomic E-state index is -0.174. The molecule has 0 amide bonds. The molecule has 2 fully saturated rings. The molecular weight excluding hydrogens is 212 g/mol. The van der Waals surface area contributed by atoms with Gasteiger partial charge in [-0.1, -0.05) is 51.4 Å². The summed E-state index contributed by atoms with van der Waals surface area (Å²) in [7, 11) is 0. The second-order valence-corrected chi connectivity index (χ2v) is 6.04. The molecule has 0 unspecified atom stereocenters. The van der Waals surface area contributed by atoms with Gasteiger partial charge in [0, 0.05) is 6.61 Å². The van der Waals surface area contributed by atoms with E-state index in [2.05, 4.69) is 0 Å². The Morgan fingerprint density at radius 3 is 2.24 bits per heavy atom. The first-order valence-electron chi connectivity index (χ1n) is 7.59. The molecule has 0 aromatic heterocycles. The highest BCUT2D eigenvalue weighted by Crippen LogP contribution is 2.32. The largest absolute Gasteiger partial charge is 0.393 e. The van der Waals surface area contributed by atoms with Gasteiger partial charge in [-0.25, -0.2) is 0 Å². The molecule has 2 aliphatic rings. The zero-order valence-corrected chi connectivity index (χ0v) is 11.1. The summed E-state index contributed by atoms with van der Waals surface area (Å²) >= 11 is 0. The number of aliphatic hydroxyl groups excluding tert-OH is 1. The number of hydrogen-bond acceptors (Lipinski definition) is 2. The van der Waals surface area contributed by atoms with Crippen LogP contribution < -0.4 is 0 Å². The van der Waals surface area contributed by atoms with Gasteiger partial charge in [-0.2, -0.15) is 0 Å². The van der Waals surface area contributed by atoms with Gasteiger partial charge in [0.15, 0.2) is 0 Å². The Bertz CT molecular complexity index is 203. The van der Waals surface area contributed by atoms with Gasteiger partial charge in [0.25, 0.3) is 0 Å². The number of aliphatic hydroxyl groups is 1. The van der Waals surface area contributed by atoms with E-state index in [1.807, 2.05) is 0 Å². The van der Waals surface area contributed by atoms with Crippen molar-refractivity contribution in [2.45, 2.75) is 76.2 Å². The lowest BCUT2D eigenvalue weighted by atomic mass is 9.84. The van der Waals surface area contributed by atoms with E-state index >= 15 is 0 Å². The van der Waals surface area contributed by atoms with Gasteiger partial charge in [0.1, 0.15) is 0 Å². The average molecular weight is 240 g/mol. The maximum absolute atomic E-state index is 9.55. The van der Waals surface area contributed by atoms with Crippen molar-refractivity contribution in [3.05, 3.63) is 0 Å². The quantitative estimate of drug-likeness (QED) is 0.794. The van der Waals surface area contributed by atoms with Gasteiger partial charge in [-0.3, -0.25) is 0 Å². The monoisotopic (exact) mass is 240 g/mol. The second-order valence-electron chi connectivity index (χ2n) is 6.04. The molecule has 0 radical (unpaired) electrons. The topological polar surface area (TPSA) is 29.5 Å². The van der Waals surface area contributed by atoms with E-state index in [1.54, 1.807) is 0 Å². The van der Waals surface area contributed by atoms with Crippen molar-refractivity contribution in [3.63, 3.8) is 0 Å². The molecule has 0 saturated heterocycles. The van der Waals surface area contributed by atoms with Crippen LogP contribution in [0.1, 0.15) is 70.6 Å². The van der Waals surface area contributed by atoms with Gasteiger partial charge < -0.3 is 9.84 Å². The predicted molar refractivity (Wildman–Crippen MR) is 70.0 cm³/mol. The zero-order chi connectivity index (χ0) is 12.0. The zero-order valence-electron chi connectivity index (χ0n) is 11.1. The van der Waals surface area contributed by atoms with E-state index in [4.69, 9.17) is 4.74 Å². The lowest BCUT2D eigenvalue weighted by Crippen LogP contribution is -2.39. The van der Waals surface area contributed by atoms with Crippen LogP contribution >= 0.6 is 0 Å². The number of ether oxygens (including phenoxy) is 1. The molecule has 2 heteroatoms. The molecule has 2 saturated carbocycles. The van der Waals surface area contributed by atoms with Crippen LogP contribution in [0.5, 0.6) is 0 Å². The Hall–Kier alpha value is -0.0800. The van der Waals surface area contributed by atoms with Gasteiger partial charge >= 0.3 is 0 Å². The van der Waals surface area contributed by atoms with Crippen LogP contribution in [0.15, 0.2) is 0 Å². The molecule has 0 aromatic carbocycles. The number of hydrogen-bond donors (Lipinski definition) is 1. The van der Waals surface area contributed by atoms with Crippen molar-refractivity contribution in [2.24, 2.45) is 5.92 Å². The Balaban J connectivity index is 1.68. The second kappa shape index (κ2) is 6.75. The van der Waals surface area contributed by atoms with Crippen molar-refractivity contribution in [1.82, 2.24) is 0 Å². The Labute approximate surface area is 106 Å². The molecule has 0 atom stereocenters. The molecule has 0 bridgehead atoms. The summed E-state index contributed by atoms with van der Waals surface area (Å²) in [6.45, 7) is 1.09. The highest BCUT2D eigenvalue weighted by atomic mass is 16.5. The standard InChI is InChI=1S/C15H28O2/c16-13-15(10-5-2-6-11-15)17-12-9-14-7-3-1-4-8-14/h14,16H,1-13H2. The lowest BCUT2D eigenvalue weighted by molar-refractivity contribution is -0.104. The van der Waals surface area contributed by atoms with Gasteiger partial charge in [-0.15, -0.1) is 0 Å². The molecule has 0 spiro atoms. The molecular formula is C15H28O2. The number of rotatable bonds is 5. The molecule has 2 rings (SSSR count). The molecule has 2 aliphatic carbocycles. The van der Waals surface area contributed by atoms with Crippen LogP contribution in [0.4, 0.5) is 0 Å². The molecule has 0 heterocycles. The van der Waals surface area contributed by atoms with Gasteiger partial charge in [-0.05, 0) is 25.2 Å². The molecule has 17 heavy (non-hydrogen) atoms. The summed E-state index contributed by atoms with van der Waals surface area (Å²) in [5.74, 6) is 0.892. The summed E-state index contributed by atoms with van der Waals surface area (Å²) in [6.07, 6.45) is 14.2. The van der Waals surface area contributed by atoms with E-state index in [1.165, 1.54) is 57.8 Å². The smallest absolute Gasteiger partial charge is 0.0912 e. The molecule has 0 aliphatic heterocycles. The van der Waals surface area contributed by atoms with Crippen LogP contribution in [0.25, 0.3) is 0 Å². The van der Waals surface area contributed by atoms with Crippen molar-refractivity contribution in [3.8, 4) is 0 Å². The minimum absolute atomic E-state index is 0.174. The van der Waals surface area contributed by atoms with Gasteiger partial charge in [0.05, 0.1) is 12.2 Å². The van der Waals surface area contributed by atoms with Crippen LogP contribution in [-0.2, 0) is 4.74 Å². The Morgan fingerprint density at radius 1 is 0.941 bits per heavy atom. The van der Waals surface area contributed by atoms with Crippen molar-refractivity contribution in [2.75, 3.05) is 13.2 Å². The summed E-state index contributed by atoms with van der Waals surface area (Å²) in [5, 5.41) is 9.55. The van der Waals surface area contributed by atoms with Crippen LogP contribution in [-0.4, -0.2) is 23.9 Å². The first-order chi connectivity index (χ1) is 8.35. The SMILES string of the molecule is OCC1(OCCC2CCCCC2)CCCCC1. The highest BCUT2D eigenvalue weighted by Gasteiger charge is 2.32. The predicted octanol–water partition coefficient (Wildman–Crippen LogP) is 3.67. The third-order valence-corrected chi connectivity index (χ3v) is 4.71. The van der Waals surface area contributed by atoms with Gasteiger partial charge in [0.2, 0.25) is 0 Å². The van der Waals surface area contributed by atoms with E-state index in [0.717, 1.165) is 25.4 Å². The minimum Gasteiger partial charge on any atom is -0.393 e. The first kappa shape index (κ1) is 13.4. The maximum atomic E-state index is 9.55. The maximum Gasteiger partial charge on any atom is 0.0912 e. The van der Waals surface area contributed by atoms with E-state index in [-0.39, 0.29) is 12.2 Å². The normalized spacial score (nSPS) is 25.9. The molecule has 2 nitrogen and oxygen atoms in total. The Morgan fingerprint density at radius 2 is 1.59 bits per heavy atom. The van der Waals surface area contributed by atoms with Crippen molar-refractivity contribution >= 4 is 0 Å². The summed E-state index contributed by atoms with van der Waals surface area (Å²) in [4.78, 5) is 0. The lowest BCUT2D eigenvalue weighted by Gasteiger charge is -2.36. The van der Waals surface area contributed by atoms with Crippen LogP contribution in [0, 0.1) is 5.92 Å². The fourth-order valence-corrected chi connectivity index (χ4v) is 3.46. The summed E-state index contributed by atoms with van der Waals surface area (Å²) < 4.78 is 6.07. The fourth-order valence-electron chi connectivity index (χ4n) is 3.46. The van der Waals surface area contributed by atoms with Crippen molar-refractivity contribution in [1.29, 1.82) is 0 Å². The molecule has 100 valence electrons. The summed E-state index contributed by atoms with van der Waals surface area (Å²) in [5.41, 5.74) is -0.174. The van der Waals surface area contributed by atoms with E-state index < -0.39 is 0 Å². The fraction of sp³-hybridized carbons (Fsp3) is 1.00. The van der Waals surface area contributed by atoms with E-state index in [0.29, 0.717) is 0 Å². The van der Waals surface area contributed by atoms with E-state index in [9.17, 15) is 5.11 Å². The van der Waals surface area contributed by atoms with Crippen LogP contribution in [0.2, 0.25) is 0 Å². The highest BCUT2D eigenvalue weighted by molar-refractivity contribution is 4.83. The third kappa shape index (κ3) is 3.96. The molecule has 1 N–H and O–H groups in total. The third-order valence-electron chi connectivity index (χ3n) is 4.71. The Kier molecular flexibility index (Phi) is 5.30. The van der Waals surface area contributed by atoms with Crippen molar-refractivity contribution < 1.29 is 9.84 Å². The average Bonchev–Trinajstić information content (AvgIpc) is 2.41. The molecule has 0 aromatic rings.